The number of hydrogen-bond acceptors (Lipinski definition) is 3. The van der Waals surface area contributed by atoms with Gasteiger partial charge in [0.1, 0.15) is 0 Å². The Morgan fingerprint density at radius 2 is 1.96 bits per heavy atom. The Morgan fingerprint density at radius 1 is 1.36 bits per heavy atom. The van der Waals surface area contributed by atoms with E-state index in [1.165, 1.54) is 6.92 Å². The highest BCUT2D eigenvalue weighted by atomic mass is 35.5. The van der Waals surface area contributed by atoms with Crippen LogP contribution in [-0.2, 0) is 17.4 Å². The molecule has 1 N–H and O–H groups in total. The monoisotopic (exact) mass is 421 g/mol. The van der Waals surface area contributed by atoms with Gasteiger partial charge in [0.2, 0.25) is 5.91 Å². The number of carbonyl (C=O) groups excluding carboxylic acids is 1. The number of nitrogens with one attached hydrogen (secondary N) is 1. The number of carbonyl (C=O) groups is 1. The number of alkyl halides is 3. The van der Waals surface area contributed by atoms with E-state index >= 15 is 0 Å². The zero-order valence-corrected chi connectivity index (χ0v) is 16.0. The summed E-state index contributed by atoms with van der Waals surface area (Å²) < 4.78 is 37.8. The molecule has 2 heterocycles. The van der Waals surface area contributed by atoms with Crippen LogP contribution >= 0.6 is 36.4 Å². The van der Waals surface area contributed by atoms with Gasteiger partial charge in [0, 0.05) is 32.1 Å². The van der Waals surface area contributed by atoms with Crippen LogP contribution in [0.5, 0.6) is 0 Å². The first-order valence-corrected chi connectivity index (χ1v) is 7.86. The summed E-state index contributed by atoms with van der Waals surface area (Å²) in [5.74, 6) is -0.0417. The first-order valence-electron chi connectivity index (χ1n) is 7.48. The van der Waals surface area contributed by atoms with Crippen LogP contribution < -0.4 is 5.32 Å². The highest BCUT2D eigenvalue weighted by Crippen LogP contribution is 2.31. The summed E-state index contributed by atoms with van der Waals surface area (Å²) >= 11 is 5.91. The van der Waals surface area contributed by atoms with Crippen molar-refractivity contribution < 1.29 is 18.0 Å². The minimum atomic E-state index is -4.46. The maximum absolute atomic E-state index is 12.6. The van der Waals surface area contributed by atoms with Crippen LogP contribution in [0.15, 0.2) is 12.3 Å². The minimum absolute atomic E-state index is 0. The van der Waals surface area contributed by atoms with Gasteiger partial charge >= 0.3 is 6.18 Å². The van der Waals surface area contributed by atoms with Gasteiger partial charge in [-0.3, -0.25) is 9.78 Å². The molecule has 0 saturated carbocycles. The molecule has 0 atom stereocenters. The maximum atomic E-state index is 12.6. The van der Waals surface area contributed by atoms with E-state index in [4.69, 9.17) is 11.6 Å². The fourth-order valence-corrected chi connectivity index (χ4v) is 3.01. The topological polar surface area (TPSA) is 45.2 Å². The van der Waals surface area contributed by atoms with Crippen molar-refractivity contribution in [3.05, 3.63) is 28.5 Å². The zero-order chi connectivity index (χ0) is 17.0. The van der Waals surface area contributed by atoms with Gasteiger partial charge in [0.05, 0.1) is 16.3 Å². The second kappa shape index (κ2) is 10.4. The molecule has 1 aliphatic heterocycles. The lowest BCUT2D eigenvalue weighted by Crippen LogP contribution is -2.46. The van der Waals surface area contributed by atoms with Crippen LogP contribution in [0.4, 0.5) is 13.2 Å². The van der Waals surface area contributed by atoms with Crippen molar-refractivity contribution in [3.8, 4) is 0 Å². The summed E-state index contributed by atoms with van der Waals surface area (Å²) in [6, 6.07) is 1.04. The van der Waals surface area contributed by atoms with E-state index in [1.807, 2.05) is 0 Å². The molecule has 1 amide bonds. The molecule has 0 radical (unpaired) electrons. The molecule has 1 aromatic rings. The average Bonchev–Trinajstić information content (AvgIpc) is 2.48. The number of piperidine rings is 1. The molecular weight excluding hydrogens is 402 g/mol. The van der Waals surface area contributed by atoms with Gasteiger partial charge in [0.15, 0.2) is 0 Å². The van der Waals surface area contributed by atoms with Crippen molar-refractivity contribution in [1.82, 2.24) is 15.2 Å². The Labute approximate surface area is 162 Å². The van der Waals surface area contributed by atoms with Crippen LogP contribution in [-0.4, -0.2) is 41.5 Å². The number of amides is 1. The number of aromatic nitrogens is 1. The third-order valence-electron chi connectivity index (χ3n) is 3.99. The molecule has 0 unspecified atom stereocenters. The summed E-state index contributed by atoms with van der Waals surface area (Å²) in [6.07, 6.45) is -1.61. The minimum Gasteiger partial charge on any atom is -0.339 e. The van der Waals surface area contributed by atoms with Crippen LogP contribution in [0.25, 0.3) is 0 Å². The molecule has 0 bridgehead atoms. The van der Waals surface area contributed by atoms with Crippen molar-refractivity contribution in [2.75, 3.05) is 19.6 Å². The molecule has 1 aliphatic rings. The number of halogens is 6. The number of hydrogen-bond donors (Lipinski definition) is 1. The first kappa shape index (κ1) is 24.2. The predicted molar refractivity (Wildman–Crippen MR) is 95.7 cm³/mol. The molecule has 144 valence electrons. The van der Waals surface area contributed by atoms with E-state index in [1.54, 1.807) is 4.90 Å². The molecule has 4 nitrogen and oxygen atoms in total. The Hall–Kier alpha value is -0.760. The quantitative estimate of drug-likeness (QED) is 0.804. The van der Waals surface area contributed by atoms with Crippen molar-refractivity contribution in [2.24, 2.45) is 0 Å². The van der Waals surface area contributed by atoms with Crippen molar-refractivity contribution >= 4 is 42.3 Å². The number of rotatable bonds is 4. The lowest BCUT2D eigenvalue weighted by molar-refractivity contribution is -0.137. The lowest BCUT2D eigenvalue weighted by Gasteiger charge is -2.34. The molecule has 1 saturated heterocycles. The summed E-state index contributed by atoms with van der Waals surface area (Å²) in [5.41, 5.74) is -0.493. The Kier molecular flexibility index (Phi) is 10.1. The van der Waals surface area contributed by atoms with E-state index in [9.17, 15) is 18.0 Å². The van der Waals surface area contributed by atoms with Crippen LogP contribution in [0, 0.1) is 0 Å². The van der Waals surface area contributed by atoms with Gasteiger partial charge in [-0.1, -0.05) is 11.6 Å². The third kappa shape index (κ3) is 6.81. The molecule has 0 aromatic carbocycles. The largest absolute Gasteiger partial charge is 0.417 e. The fraction of sp³-hybridized carbons (Fsp3) is 0.600. The van der Waals surface area contributed by atoms with Crippen LogP contribution in [0.2, 0.25) is 5.02 Å². The lowest BCUT2D eigenvalue weighted by atomic mass is 10.0. The zero-order valence-electron chi connectivity index (χ0n) is 13.6. The van der Waals surface area contributed by atoms with Crippen LogP contribution in [0.1, 0.15) is 31.0 Å². The molecule has 0 spiro atoms. The fourth-order valence-electron chi connectivity index (χ4n) is 2.75. The van der Waals surface area contributed by atoms with Crippen molar-refractivity contribution in [2.45, 2.75) is 38.4 Å². The summed E-state index contributed by atoms with van der Waals surface area (Å²) in [4.78, 5) is 17.4. The van der Waals surface area contributed by atoms with Gasteiger partial charge in [0.25, 0.3) is 0 Å². The average molecular weight is 423 g/mol. The molecule has 25 heavy (non-hydrogen) atoms. The van der Waals surface area contributed by atoms with Crippen LogP contribution in [0.3, 0.4) is 0 Å². The second-order valence-corrected chi connectivity index (χ2v) is 6.00. The molecular formula is C15H21Cl3F3N3O. The van der Waals surface area contributed by atoms with E-state index in [0.717, 1.165) is 38.2 Å². The van der Waals surface area contributed by atoms with Gasteiger partial charge in [-0.25, -0.2) is 0 Å². The van der Waals surface area contributed by atoms with Gasteiger partial charge in [-0.15, -0.1) is 24.8 Å². The molecule has 10 heteroatoms. The van der Waals surface area contributed by atoms with Crippen molar-refractivity contribution in [1.29, 1.82) is 0 Å². The van der Waals surface area contributed by atoms with E-state index in [-0.39, 0.29) is 41.8 Å². The second-order valence-electron chi connectivity index (χ2n) is 5.59. The van der Waals surface area contributed by atoms with Gasteiger partial charge in [-0.2, -0.15) is 13.2 Å². The van der Waals surface area contributed by atoms with E-state index in [0.29, 0.717) is 18.7 Å². The normalized spacial score (nSPS) is 15.1. The smallest absolute Gasteiger partial charge is 0.339 e. The highest BCUT2D eigenvalue weighted by Gasteiger charge is 2.31. The number of pyridine rings is 1. The summed E-state index contributed by atoms with van der Waals surface area (Å²) in [6.45, 7) is 3.61. The number of nitrogens with zero attached hydrogens (tertiary/aromatic N) is 2. The Morgan fingerprint density at radius 3 is 2.44 bits per heavy atom. The Balaban J connectivity index is 0.00000288. The third-order valence-corrected chi connectivity index (χ3v) is 4.32. The summed E-state index contributed by atoms with van der Waals surface area (Å²) in [5, 5.41) is 3.21. The first-order chi connectivity index (χ1) is 10.8. The molecule has 2 rings (SSSR count). The van der Waals surface area contributed by atoms with E-state index < -0.39 is 11.7 Å². The summed E-state index contributed by atoms with van der Waals surface area (Å²) in [7, 11) is 0. The van der Waals surface area contributed by atoms with E-state index in [2.05, 4.69) is 10.3 Å². The highest BCUT2D eigenvalue weighted by molar-refractivity contribution is 6.31. The molecule has 1 aromatic heterocycles. The molecule has 1 fully saturated rings. The van der Waals surface area contributed by atoms with Gasteiger partial charge in [-0.05, 0) is 32.0 Å². The SMILES string of the molecule is CC(=O)N(CCc1ncc(C(F)(F)F)cc1Cl)C1CCNCC1.Cl.Cl. The van der Waals surface area contributed by atoms with Gasteiger partial charge < -0.3 is 10.2 Å². The Bertz CT molecular complexity index is 567. The maximum Gasteiger partial charge on any atom is 0.417 e. The predicted octanol–water partition coefficient (Wildman–Crippen LogP) is 3.74. The standard InChI is InChI=1S/C15H19ClF3N3O.2ClH/c1-10(23)22(12-2-5-20-6-3-12)7-4-14-13(16)8-11(9-21-14)15(17,18)19;;/h8-9,12,20H,2-7H2,1H3;2*1H. The molecule has 0 aliphatic carbocycles. The van der Waals surface area contributed by atoms with Crippen molar-refractivity contribution in [3.63, 3.8) is 0 Å².